The summed E-state index contributed by atoms with van der Waals surface area (Å²) in [5.74, 6) is 0.884. The van der Waals surface area contributed by atoms with E-state index in [1.54, 1.807) is 0 Å². The Bertz CT molecular complexity index is 210. The molecule has 0 aromatic rings. The van der Waals surface area contributed by atoms with E-state index in [0.29, 0.717) is 5.41 Å². The molecule has 0 spiro atoms. The minimum Gasteiger partial charge on any atom is -0.384 e. The van der Waals surface area contributed by atoms with Gasteiger partial charge in [0.2, 0.25) is 0 Å². The van der Waals surface area contributed by atoms with Crippen LogP contribution in [0, 0.1) is 11.3 Å². The number of likely N-dealkylation sites (tertiary alicyclic amines) is 1. The van der Waals surface area contributed by atoms with Gasteiger partial charge in [-0.3, -0.25) is 0 Å². The summed E-state index contributed by atoms with van der Waals surface area (Å²) in [6, 6.07) is 0. The van der Waals surface area contributed by atoms with Crippen LogP contribution in [0.2, 0.25) is 0 Å². The van der Waals surface area contributed by atoms with Crippen molar-refractivity contribution in [3.05, 3.63) is 0 Å². The van der Waals surface area contributed by atoms with Crippen LogP contribution in [0.4, 0.5) is 0 Å². The molecule has 0 bridgehead atoms. The van der Waals surface area contributed by atoms with E-state index in [-0.39, 0.29) is 0 Å². The molecule has 2 aliphatic rings. The van der Waals surface area contributed by atoms with Crippen LogP contribution in [0.25, 0.3) is 0 Å². The van der Waals surface area contributed by atoms with Gasteiger partial charge in [-0.25, -0.2) is 0 Å². The Morgan fingerprint density at radius 2 is 2.40 bits per heavy atom. The van der Waals surface area contributed by atoms with Gasteiger partial charge in [-0.15, -0.1) is 0 Å². The van der Waals surface area contributed by atoms with E-state index in [2.05, 4.69) is 4.90 Å². The highest BCUT2D eigenvalue weighted by molar-refractivity contribution is 5.00. The summed E-state index contributed by atoms with van der Waals surface area (Å²) in [5.41, 5.74) is 6.05. The molecule has 1 saturated heterocycles. The fourth-order valence-electron chi connectivity index (χ4n) is 3.53. The maximum atomic E-state index is 5.56. The molecular weight excluding hydrogens is 188 g/mol. The van der Waals surface area contributed by atoms with E-state index < -0.39 is 0 Å². The summed E-state index contributed by atoms with van der Waals surface area (Å²) < 4.78 is 5.43. The van der Waals surface area contributed by atoms with Gasteiger partial charge in [-0.05, 0) is 38.3 Å². The van der Waals surface area contributed by atoms with Crippen molar-refractivity contribution in [1.29, 1.82) is 0 Å². The van der Waals surface area contributed by atoms with E-state index in [9.17, 15) is 0 Å². The zero-order valence-electron chi connectivity index (χ0n) is 9.87. The molecule has 2 atom stereocenters. The lowest BCUT2D eigenvalue weighted by Crippen LogP contribution is -2.32. The Balaban J connectivity index is 1.92. The van der Waals surface area contributed by atoms with Crippen molar-refractivity contribution in [2.24, 2.45) is 17.1 Å². The number of ether oxygens (including phenoxy) is 1. The quantitative estimate of drug-likeness (QED) is 0.741. The van der Waals surface area contributed by atoms with Gasteiger partial charge in [0.1, 0.15) is 0 Å². The molecule has 2 fully saturated rings. The lowest BCUT2D eigenvalue weighted by molar-refractivity contribution is 0.0704. The topological polar surface area (TPSA) is 38.5 Å². The van der Waals surface area contributed by atoms with E-state index in [1.807, 2.05) is 7.11 Å². The minimum absolute atomic E-state index is 0.489. The van der Waals surface area contributed by atoms with E-state index in [1.165, 1.54) is 38.9 Å². The second kappa shape index (κ2) is 4.81. The second-order valence-electron chi connectivity index (χ2n) is 5.26. The zero-order valence-corrected chi connectivity index (χ0v) is 9.87. The third-order valence-corrected chi connectivity index (χ3v) is 4.22. The van der Waals surface area contributed by atoms with Crippen LogP contribution in [0.3, 0.4) is 0 Å². The largest absolute Gasteiger partial charge is 0.384 e. The van der Waals surface area contributed by atoms with Gasteiger partial charge in [0.15, 0.2) is 0 Å². The van der Waals surface area contributed by atoms with Crippen LogP contribution in [0.15, 0.2) is 0 Å². The highest BCUT2D eigenvalue weighted by atomic mass is 16.5. The van der Waals surface area contributed by atoms with Crippen molar-refractivity contribution in [2.75, 3.05) is 39.9 Å². The van der Waals surface area contributed by atoms with Crippen molar-refractivity contribution in [3.63, 3.8) is 0 Å². The summed E-state index contributed by atoms with van der Waals surface area (Å²) in [7, 11) is 1.84. The van der Waals surface area contributed by atoms with Gasteiger partial charge in [0, 0.05) is 25.6 Å². The Morgan fingerprint density at radius 3 is 3.13 bits per heavy atom. The van der Waals surface area contributed by atoms with Crippen LogP contribution in [0.1, 0.15) is 25.7 Å². The van der Waals surface area contributed by atoms with Gasteiger partial charge in [-0.1, -0.05) is 6.42 Å². The normalized spacial score (nSPS) is 36.0. The summed E-state index contributed by atoms with van der Waals surface area (Å²) >= 11 is 0. The first-order chi connectivity index (χ1) is 7.30. The number of fused-ring (bicyclic) bond motifs is 1. The standard InChI is InChI=1S/C12H24N2O/c1-15-10-12-5-2-4-11(12)8-14(9-12)7-3-6-13/h11H,2-10,13H2,1H3/t11-,12+/m1/s1. The summed E-state index contributed by atoms with van der Waals surface area (Å²) in [4.78, 5) is 2.59. The van der Waals surface area contributed by atoms with Crippen LogP contribution in [-0.4, -0.2) is 44.8 Å². The smallest absolute Gasteiger partial charge is 0.0534 e. The van der Waals surface area contributed by atoms with Crippen LogP contribution >= 0.6 is 0 Å². The summed E-state index contributed by atoms with van der Waals surface area (Å²) in [6.07, 6.45) is 5.31. The van der Waals surface area contributed by atoms with Gasteiger partial charge in [0.05, 0.1) is 6.61 Å². The monoisotopic (exact) mass is 212 g/mol. The molecule has 0 unspecified atom stereocenters. The molecule has 0 aromatic carbocycles. The molecule has 0 amide bonds. The maximum Gasteiger partial charge on any atom is 0.0534 e. The zero-order chi connectivity index (χ0) is 10.7. The Hall–Kier alpha value is -0.120. The van der Waals surface area contributed by atoms with E-state index in [4.69, 9.17) is 10.5 Å². The van der Waals surface area contributed by atoms with Crippen molar-refractivity contribution < 1.29 is 4.74 Å². The fourth-order valence-corrected chi connectivity index (χ4v) is 3.53. The highest BCUT2D eigenvalue weighted by Gasteiger charge is 2.48. The van der Waals surface area contributed by atoms with Crippen LogP contribution < -0.4 is 5.73 Å². The molecule has 2 rings (SSSR count). The third-order valence-electron chi connectivity index (χ3n) is 4.22. The fraction of sp³-hybridized carbons (Fsp3) is 1.00. The lowest BCUT2D eigenvalue weighted by atomic mass is 9.82. The number of hydrogen-bond acceptors (Lipinski definition) is 3. The number of rotatable bonds is 5. The van der Waals surface area contributed by atoms with Crippen molar-refractivity contribution in [2.45, 2.75) is 25.7 Å². The van der Waals surface area contributed by atoms with Gasteiger partial charge in [0.25, 0.3) is 0 Å². The Kier molecular flexibility index (Phi) is 3.65. The average Bonchev–Trinajstić information content (AvgIpc) is 2.71. The van der Waals surface area contributed by atoms with Gasteiger partial charge >= 0.3 is 0 Å². The third kappa shape index (κ3) is 2.19. The molecule has 1 saturated carbocycles. The first kappa shape index (κ1) is 11.4. The second-order valence-corrected chi connectivity index (χ2v) is 5.26. The van der Waals surface area contributed by atoms with Crippen LogP contribution in [-0.2, 0) is 4.74 Å². The molecule has 1 heterocycles. The molecule has 0 radical (unpaired) electrons. The Labute approximate surface area is 93.0 Å². The molecule has 0 aromatic heterocycles. The molecule has 3 heteroatoms. The average molecular weight is 212 g/mol. The molecule has 3 nitrogen and oxygen atoms in total. The van der Waals surface area contributed by atoms with Crippen molar-refractivity contribution in [3.8, 4) is 0 Å². The highest BCUT2D eigenvalue weighted by Crippen LogP contribution is 2.48. The van der Waals surface area contributed by atoms with Gasteiger partial charge in [-0.2, -0.15) is 0 Å². The predicted molar refractivity (Wildman–Crippen MR) is 61.8 cm³/mol. The molecule has 2 N–H and O–H groups in total. The first-order valence-electron chi connectivity index (χ1n) is 6.22. The Morgan fingerprint density at radius 1 is 1.53 bits per heavy atom. The number of hydrogen-bond donors (Lipinski definition) is 1. The summed E-state index contributed by atoms with van der Waals surface area (Å²) in [5, 5.41) is 0. The lowest BCUT2D eigenvalue weighted by Gasteiger charge is -2.28. The number of nitrogens with zero attached hydrogens (tertiary/aromatic N) is 1. The van der Waals surface area contributed by atoms with Crippen molar-refractivity contribution in [1.82, 2.24) is 4.90 Å². The van der Waals surface area contributed by atoms with Gasteiger partial charge < -0.3 is 15.4 Å². The molecule has 88 valence electrons. The van der Waals surface area contributed by atoms with Crippen molar-refractivity contribution >= 4 is 0 Å². The SMILES string of the molecule is COC[C@@]12CCC[C@@H]1CN(CCCN)C2. The molecule has 15 heavy (non-hydrogen) atoms. The van der Waals surface area contributed by atoms with E-state index in [0.717, 1.165) is 25.5 Å². The number of nitrogens with two attached hydrogens (primary N) is 1. The minimum atomic E-state index is 0.489. The van der Waals surface area contributed by atoms with Crippen LogP contribution in [0.5, 0.6) is 0 Å². The summed E-state index contributed by atoms with van der Waals surface area (Å²) in [6.45, 7) is 5.47. The molecular formula is C12H24N2O. The molecule has 1 aliphatic heterocycles. The first-order valence-corrected chi connectivity index (χ1v) is 6.22. The number of methoxy groups -OCH3 is 1. The van der Waals surface area contributed by atoms with E-state index >= 15 is 0 Å². The molecule has 1 aliphatic carbocycles. The predicted octanol–water partition coefficient (Wildman–Crippen LogP) is 1.08. The maximum absolute atomic E-state index is 5.56.